The number of likely N-dealkylation sites (N-methyl/N-ethyl adjacent to an activating group) is 1. The smallest absolute Gasteiger partial charge is 0.262 e. The van der Waals surface area contributed by atoms with E-state index in [1.807, 2.05) is 6.92 Å². The Bertz CT molecular complexity index is 986. The Kier molecular flexibility index (Phi) is 5.69. The molecular formula is C20H22N2O5S. The van der Waals surface area contributed by atoms with Crippen LogP contribution in [-0.2, 0) is 19.4 Å². The lowest BCUT2D eigenvalue weighted by Gasteiger charge is -2.34. The topological polar surface area (TPSA) is 92.8 Å². The predicted molar refractivity (Wildman–Crippen MR) is 105 cm³/mol. The number of carbonyl (C=O) groups excluding carboxylic acids is 2. The number of hydrogen-bond acceptors (Lipinski definition) is 5. The van der Waals surface area contributed by atoms with E-state index in [0.717, 1.165) is 5.56 Å². The van der Waals surface area contributed by atoms with Gasteiger partial charge in [0, 0.05) is 13.5 Å². The lowest BCUT2D eigenvalue weighted by Crippen LogP contribution is -2.50. The standard InChI is InChI=1S/C20H22N2O5S/c1-14-7-9-15(10-8-14)28(25,26)12-11-19(23)22-13-18(20(24)21-2)27-17-6-4-3-5-16(17)22/h3-10,18H,11-13H2,1-2H3,(H,21,24)/t18-/m1/s1. The third-order valence-electron chi connectivity index (χ3n) is 4.58. The first-order chi connectivity index (χ1) is 13.3. The molecule has 7 nitrogen and oxygen atoms in total. The van der Waals surface area contributed by atoms with Crippen molar-refractivity contribution in [1.82, 2.24) is 5.32 Å². The van der Waals surface area contributed by atoms with Crippen LogP contribution in [0, 0.1) is 6.92 Å². The van der Waals surface area contributed by atoms with Gasteiger partial charge in [-0.2, -0.15) is 0 Å². The molecule has 2 aromatic carbocycles. The minimum absolute atomic E-state index is 0.0279. The average molecular weight is 402 g/mol. The van der Waals surface area contributed by atoms with Crippen molar-refractivity contribution in [3.8, 4) is 5.75 Å². The summed E-state index contributed by atoms with van der Waals surface area (Å²) in [5.74, 6) is -0.615. The SMILES string of the molecule is CNC(=O)[C@H]1CN(C(=O)CCS(=O)(=O)c2ccc(C)cc2)c2ccccc2O1. The molecule has 148 valence electrons. The van der Waals surface area contributed by atoms with E-state index >= 15 is 0 Å². The summed E-state index contributed by atoms with van der Waals surface area (Å²) in [7, 11) is -2.09. The number of benzene rings is 2. The Labute approximate surface area is 164 Å². The molecule has 0 spiro atoms. The predicted octanol–water partition coefficient (Wildman–Crippen LogP) is 1.70. The van der Waals surface area contributed by atoms with Gasteiger partial charge in [0.1, 0.15) is 5.75 Å². The van der Waals surface area contributed by atoms with Crippen LogP contribution in [0.4, 0.5) is 5.69 Å². The normalized spacial score (nSPS) is 16.1. The van der Waals surface area contributed by atoms with Gasteiger partial charge in [0.25, 0.3) is 5.91 Å². The summed E-state index contributed by atoms with van der Waals surface area (Å²) in [6.07, 6.45) is -1.04. The van der Waals surface area contributed by atoms with Crippen molar-refractivity contribution in [2.75, 3.05) is 24.2 Å². The Hall–Kier alpha value is -2.87. The molecule has 2 amide bonds. The zero-order valence-electron chi connectivity index (χ0n) is 15.7. The number of nitrogens with one attached hydrogen (secondary N) is 1. The Morgan fingerprint density at radius 3 is 2.50 bits per heavy atom. The van der Waals surface area contributed by atoms with Gasteiger partial charge in [0.2, 0.25) is 5.91 Å². The molecule has 1 aliphatic heterocycles. The fraction of sp³-hybridized carbons (Fsp3) is 0.300. The zero-order chi connectivity index (χ0) is 20.3. The molecule has 0 radical (unpaired) electrons. The van der Waals surface area contributed by atoms with Gasteiger partial charge >= 0.3 is 0 Å². The maximum Gasteiger partial charge on any atom is 0.262 e. The number of rotatable bonds is 5. The minimum atomic E-state index is -3.58. The summed E-state index contributed by atoms with van der Waals surface area (Å²) in [5, 5.41) is 2.51. The van der Waals surface area contributed by atoms with Gasteiger partial charge in [-0.05, 0) is 31.2 Å². The summed E-state index contributed by atoms with van der Waals surface area (Å²) in [6, 6.07) is 13.4. The molecule has 28 heavy (non-hydrogen) atoms. The number of fused-ring (bicyclic) bond motifs is 1. The Morgan fingerprint density at radius 2 is 1.82 bits per heavy atom. The van der Waals surface area contributed by atoms with Gasteiger partial charge in [-0.15, -0.1) is 0 Å². The highest BCUT2D eigenvalue weighted by Gasteiger charge is 2.33. The van der Waals surface area contributed by atoms with E-state index < -0.39 is 15.9 Å². The van der Waals surface area contributed by atoms with Gasteiger partial charge in [0.15, 0.2) is 15.9 Å². The molecule has 2 aromatic rings. The van der Waals surface area contributed by atoms with E-state index in [1.54, 1.807) is 48.5 Å². The van der Waals surface area contributed by atoms with Crippen molar-refractivity contribution < 1.29 is 22.7 Å². The van der Waals surface area contributed by atoms with Crippen LogP contribution in [0.5, 0.6) is 5.75 Å². The molecule has 1 aliphatic rings. The van der Waals surface area contributed by atoms with Crippen molar-refractivity contribution in [3.05, 3.63) is 54.1 Å². The lowest BCUT2D eigenvalue weighted by molar-refractivity contribution is -0.127. The van der Waals surface area contributed by atoms with E-state index in [9.17, 15) is 18.0 Å². The molecule has 0 unspecified atom stereocenters. The van der Waals surface area contributed by atoms with Crippen LogP contribution < -0.4 is 15.0 Å². The largest absolute Gasteiger partial charge is 0.477 e. The number of hydrogen-bond donors (Lipinski definition) is 1. The number of carbonyl (C=O) groups is 2. The van der Waals surface area contributed by atoms with E-state index in [2.05, 4.69) is 5.32 Å². The number of para-hydroxylation sites is 2. The monoisotopic (exact) mass is 402 g/mol. The second kappa shape index (κ2) is 8.02. The summed E-state index contributed by atoms with van der Waals surface area (Å²) in [4.78, 5) is 26.4. The van der Waals surface area contributed by atoms with Crippen LogP contribution in [0.2, 0.25) is 0 Å². The minimum Gasteiger partial charge on any atom is -0.477 e. The van der Waals surface area contributed by atoms with E-state index in [0.29, 0.717) is 11.4 Å². The van der Waals surface area contributed by atoms with Gasteiger partial charge in [-0.3, -0.25) is 9.59 Å². The molecule has 0 saturated heterocycles. The molecule has 0 saturated carbocycles. The summed E-state index contributed by atoms with van der Waals surface area (Å²) in [5.41, 5.74) is 1.49. The number of ether oxygens (including phenoxy) is 1. The molecule has 0 fully saturated rings. The van der Waals surface area contributed by atoms with Crippen molar-refractivity contribution in [2.24, 2.45) is 0 Å². The van der Waals surface area contributed by atoms with Crippen LogP contribution in [-0.4, -0.2) is 45.7 Å². The lowest BCUT2D eigenvalue weighted by atomic mass is 10.1. The van der Waals surface area contributed by atoms with E-state index in [-0.39, 0.29) is 35.4 Å². The summed E-state index contributed by atoms with van der Waals surface area (Å²) in [6.45, 7) is 1.90. The molecule has 8 heteroatoms. The van der Waals surface area contributed by atoms with Crippen LogP contribution in [0.3, 0.4) is 0 Å². The average Bonchev–Trinajstić information content (AvgIpc) is 2.71. The number of aryl methyl sites for hydroxylation is 1. The third-order valence-corrected chi connectivity index (χ3v) is 6.31. The van der Waals surface area contributed by atoms with E-state index in [1.165, 1.54) is 11.9 Å². The van der Waals surface area contributed by atoms with Gasteiger partial charge in [-0.25, -0.2) is 8.42 Å². The highest BCUT2D eigenvalue weighted by atomic mass is 32.2. The fourth-order valence-electron chi connectivity index (χ4n) is 2.99. The molecular weight excluding hydrogens is 380 g/mol. The van der Waals surface area contributed by atoms with Crippen molar-refractivity contribution >= 4 is 27.3 Å². The van der Waals surface area contributed by atoms with Crippen molar-refractivity contribution in [1.29, 1.82) is 0 Å². The van der Waals surface area contributed by atoms with Crippen LogP contribution in [0.1, 0.15) is 12.0 Å². The first-order valence-electron chi connectivity index (χ1n) is 8.89. The highest BCUT2D eigenvalue weighted by Crippen LogP contribution is 2.33. The third kappa shape index (κ3) is 4.17. The Morgan fingerprint density at radius 1 is 1.14 bits per heavy atom. The van der Waals surface area contributed by atoms with Crippen LogP contribution >= 0.6 is 0 Å². The van der Waals surface area contributed by atoms with Crippen LogP contribution in [0.15, 0.2) is 53.4 Å². The first-order valence-corrected chi connectivity index (χ1v) is 10.5. The van der Waals surface area contributed by atoms with E-state index in [4.69, 9.17) is 4.74 Å². The molecule has 0 bridgehead atoms. The Balaban J connectivity index is 1.77. The van der Waals surface area contributed by atoms with Crippen LogP contribution in [0.25, 0.3) is 0 Å². The second-order valence-corrected chi connectivity index (χ2v) is 8.68. The summed E-state index contributed by atoms with van der Waals surface area (Å²) >= 11 is 0. The summed E-state index contributed by atoms with van der Waals surface area (Å²) < 4.78 is 30.7. The van der Waals surface area contributed by atoms with Crippen molar-refractivity contribution in [2.45, 2.75) is 24.3 Å². The molecule has 0 aliphatic carbocycles. The fourth-order valence-corrected chi connectivity index (χ4v) is 4.22. The molecule has 3 rings (SSSR count). The van der Waals surface area contributed by atoms with Gasteiger partial charge in [0.05, 0.1) is 22.9 Å². The molecule has 1 atom stereocenters. The molecule has 1 N–H and O–H groups in total. The number of nitrogens with zero attached hydrogens (tertiary/aromatic N) is 1. The maximum atomic E-state index is 12.8. The zero-order valence-corrected chi connectivity index (χ0v) is 16.5. The second-order valence-electron chi connectivity index (χ2n) is 6.57. The van der Waals surface area contributed by atoms with Gasteiger partial charge < -0.3 is 15.0 Å². The number of sulfone groups is 1. The number of anilines is 1. The van der Waals surface area contributed by atoms with Crippen molar-refractivity contribution in [3.63, 3.8) is 0 Å². The quantitative estimate of drug-likeness (QED) is 0.822. The van der Waals surface area contributed by atoms with Gasteiger partial charge in [-0.1, -0.05) is 29.8 Å². The first kappa shape index (κ1) is 19.9. The molecule has 0 aromatic heterocycles. The maximum absolute atomic E-state index is 12.8. The highest BCUT2D eigenvalue weighted by molar-refractivity contribution is 7.91. The number of amides is 2. The molecule has 1 heterocycles.